The molecule has 0 aromatic heterocycles. The molecule has 4 nitrogen and oxygen atoms in total. The van der Waals surface area contributed by atoms with Crippen molar-refractivity contribution in [3.63, 3.8) is 0 Å². The van der Waals surface area contributed by atoms with Gasteiger partial charge in [-0.2, -0.15) is 0 Å². The van der Waals surface area contributed by atoms with Crippen LogP contribution in [0, 0.1) is 11.7 Å². The Bertz CT molecular complexity index is 560. The molecular formula is C17H24BrFN2O2. The molecule has 1 aliphatic rings. The summed E-state index contributed by atoms with van der Waals surface area (Å²) in [7, 11) is 0. The monoisotopic (exact) mass is 386 g/mol. The largest absolute Gasteiger partial charge is 0.444 e. The minimum absolute atomic E-state index is 0.266. The Kier molecular flexibility index (Phi) is 5.89. The molecule has 1 aliphatic carbocycles. The van der Waals surface area contributed by atoms with E-state index in [2.05, 4.69) is 26.6 Å². The zero-order chi connectivity index (χ0) is 17.0. The summed E-state index contributed by atoms with van der Waals surface area (Å²) >= 11 is 3.20. The van der Waals surface area contributed by atoms with Gasteiger partial charge in [0, 0.05) is 18.3 Å². The molecule has 2 N–H and O–H groups in total. The van der Waals surface area contributed by atoms with Crippen molar-refractivity contribution in [2.75, 3.05) is 11.9 Å². The highest BCUT2D eigenvalue weighted by molar-refractivity contribution is 9.10. The molecule has 1 aromatic rings. The number of rotatable bonds is 4. The standard InChI is InChI=1S/C17H24BrFN2O2/c1-17(2,3)23-16(22)20-10-11-5-4-6-15(11)21-12-7-8-14(19)13(18)9-12/h7-9,11,15,21H,4-6,10H2,1-3H3,(H,20,22). The summed E-state index contributed by atoms with van der Waals surface area (Å²) in [5, 5.41) is 6.29. The first-order valence-electron chi connectivity index (χ1n) is 7.93. The van der Waals surface area contributed by atoms with Crippen molar-refractivity contribution in [1.82, 2.24) is 5.32 Å². The quantitative estimate of drug-likeness (QED) is 0.788. The lowest BCUT2D eigenvalue weighted by molar-refractivity contribution is 0.0519. The maximum Gasteiger partial charge on any atom is 0.407 e. The number of amides is 1. The van der Waals surface area contributed by atoms with Gasteiger partial charge in [0.15, 0.2) is 0 Å². The fraction of sp³-hybridized carbons (Fsp3) is 0.588. The van der Waals surface area contributed by atoms with Crippen LogP contribution in [0.4, 0.5) is 14.9 Å². The van der Waals surface area contributed by atoms with Crippen LogP contribution < -0.4 is 10.6 Å². The number of hydrogen-bond donors (Lipinski definition) is 2. The van der Waals surface area contributed by atoms with Crippen molar-refractivity contribution in [2.24, 2.45) is 5.92 Å². The van der Waals surface area contributed by atoms with Gasteiger partial charge in [0.2, 0.25) is 0 Å². The Morgan fingerprint density at radius 1 is 1.39 bits per heavy atom. The van der Waals surface area contributed by atoms with Gasteiger partial charge in [0.05, 0.1) is 4.47 Å². The number of carbonyl (C=O) groups excluding carboxylic acids is 1. The summed E-state index contributed by atoms with van der Waals surface area (Å²) in [5.74, 6) is 0.0662. The van der Waals surface area contributed by atoms with Gasteiger partial charge in [0.25, 0.3) is 0 Å². The predicted octanol–water partition coefficient (Wildman–Crippen LogP) is 4.69. The minimum Gasteiger partial charge on any atom is -0.444 e. The molecule has 2 rings (SSSR count). The van der Waals surface area contributed by atoms with E-state index in [0.29, 0.717) is 16.9 Å². The molecule has 128 valence electrons. The Balaban J connectivity index is 1.87. The van der Waals surface area contributed by atoms with Gasteiger partial charge < -0.3 is 15.4 Å². The van der Waals surface area contributed by atoms with E-state index in [-0.39, 0.29) is 18.0 Å². The van der Waals surface area contributed by atoms with Gasteiger partial charge >= 0.3 is 6.09 Å². The normalized spacial score (nSPS) is 21.1. The molecule has 23 heavy (non-hydrogen) atoms. The van der Waals surface area contributed by atoms with Crippen LogP contribution in [0.5, 0.6) is 0 Å². The molecule has 1 saturated carbocycles. The van der Waals surface area contributed by atoms with Crippen molar-refractivity contribution in [2.45, 2.75) is 51.7 Å². The fourth-order valence-electron chi connectivity index (χ4n) is 2.80. The van der Waals surface area contributed by atoms with Crippen molar-refractivity contribution in [3.05, 3.63) is 28.5 Å². The first-order chi connectivity index (χ1) is 10.7. The summed E-state index contributed by atoms with van der Waals surface area (Å²) in [4.78, 5) is 11.8. The van der Waals surface area contributed by atoms with E-state index in [9.17, 15) is 9.18 Å². The molecule has 2 atom stereocenters. The van der Waals surface area contributed by atoms with Crippen LogP contribution in [0.3, 0.4) is 0 Å². The molecular weight excluding hydrogens is 363 g/mol. The second kappa shape index (κ2) is 7.51. The zero-order valence-corrected chi connectivity index (χ0v) is 15.4. The van der Waals surface area contributed by atoms with Crippen molar-refractivity contribution >= 4 is 27.7 Å². The van der Waals surface area contributed by atoms with E-state index < -0.39 is 5.60 Å². The molecule has 0 saturated heterocycles. The molecule has 0 spiro atoms. The topological polar surface area (TPSA) is 50.4 Å². The van der Waals surface area contributed by atoms with Crippen LogP contribution in [0.15, 0.2) is 22.7 Å². The Morgan fingerprint density at radius 2 is 2.13 bits per heavy atom. The summed E-state index contributed by atoms with van der Waals surface area (Å²) in [6, 6.07) is 5.18. The second-order valence-electron chi connectivity index (χ2n) is 6.95. The lowest BCUT2D eigenvalue weighted by Crippen LogP contribution is -2.38. The van der Waals surface area contributed by atoms with Gasteiger partial charge in [-0.1, -0.05) is 6.42 Å². The second-order valence-corrected chi connectivity index (χ2v) is 7.81. The summed E-state index contributed by atoms with van der Waals surface area (Å²) < 4.78 is 19.0. The van der Waals surface area contributed by atoms with Gasteiger partial charge in [-0.25, -0.2) is 9.18 Å². The number of benzene rings is 1. The lowest BCUT2D eigenvalue weighted by Gasteiger charge is -2.24. The number of alkyl carbamates (subject to hydrolysis) is 1. The Hall–Kier alpha value is -1.30. The first kappa shape index (κ1) is 18.0. The smallest absolute Gasteiger partial charge is 0.407 e. The number of ether oxygens (including phenoxy) is 1. The zero-order valence-electron chi connectivity index (χ0n) is 13.8. The third-order valence-electron chi connectivity index (χ3n) is 3.84. The minimum atomic E-state index is -0.488. The number of nitrogens with one attached hydrogen (secondary N) is 2. The Morgan fingerprint density at radius 3 is 2.78 bits per heavy atom. The summed E-state index contributed by atoms with van der Waals surface area (Å²) in [6.07, 6.45) is 2.82. The van der Waals surface area contributed by atoms with Gasteiger partial charge in [-0.05, 0) is 73.7 Å². The van der Waals surface area contributed by atoms with Crippen LogP contribution in [-0.4, -0.2) is 24.3 Å². The highest BCUT2D eigenvalue weighted by Gasteiger charge is 2.28. The molecule has 1 aromatic carbocycles. The molecule has 6 heteroatoms. The lowest BCUT2D eigenvalue weighted by atomic mass is 10.0. The maximum atomic E-state index is 13.3. The summed E-state index contributed by atoms with van der Waals surface area (Å²) in [6.45, 7) is 6.12. The van der Waals surface area contributed by atoms with E-state index in [1.807, 2.05) is 20.8 Å². The molecule has 1 amide bonds. The van der Waals surface area contributed by atoms with Crippen LogP contribution in [0.2, 0.25) is 0 Å². The highest BCUT2D eigenvalue weighted by atomic mass is 79.9. The van der Waals surface area contributed by atoms with Crippen LogP contribution >= 0.6 is 15.9 Å². The van der Waals surface area contributed by atoms with E-state index in [1.165, 1.54) is 6.07 Å². The molecule has 2 unspecified atom stereocenters. The maximum absolute atomic E-state index is 13.3. The van der Waals surface area contributed by atoms with Gasteiger partial charge in [-0.15, -0.1) is 0 Å². The summed E-state index contributed by atoms with van der Waals surface area (Å²) in [5.41, 5.74) is 0.394. The SMILES string of the molecule is CC(C)(C)OC(=O)NCC1CCCC1Nc1ccc(F)c(Br)c1. The average Bonchev–Trinajstić information content (AvgIpc) is 2.86. The van der Waals surface area contributed by atoms with Gasteiger partial charge in [-0.3, -0.25) is 0 Å². The van der Waals surface area contributed by atoms with Crippen molar-refractivity contribution in [3.8, 4) is 0 Å². The number of hydrogen-bond acceptors (Lipinski definition) is 3. The number of anilines is 1. The Labute approximate surface area is 145 Å². The van der Waals surface area contributed by atoms with Gasteiger partial charge in [0.1, 0.15) is 11.4 Å². The van der Waals surface area contributed by atoms with Crippen molar-refractivity contribution in [1.29, 1.82) is 0 Å². The van der Waals surface area contributed by atoms with E-state index in [0.717, 1.165) is 24.9 Å². The van der Waals surface area contributed by atoms with E-state index >= 15 is 0 Å². The van der Waals surface area contributed by atoms with Crippen LogP contribution in [-0.2, 0) is 4.74 Å². The van der Waals surface area contributed by atoms with E-state index in [1.54, 1.807) is 12.1 Å². The molecule has 0 heterocycles. The predicted molar refractivity (Wildman–Crippen MR) is 93.1 cm³/mol. The average molecular weight is 387 g/mol. The highest BCUT2D eigenvalue weighted by Crippen LogP contribution is 2.29. The molecule has 1 fully saturated rings. The van der Waals surface area contributed by atoms with E-state index in [4.69, 9.17) is 4.74 Å². The first-order valence-corrected chi connectivity index (χ1v) is 8.72. The number of halogens is 2. The third kappa shape index (κ3) is 5.68. The van der Waals surface area contributed by atoms with Crippen LogP contribution in [0.25, 0.3) is 0 Å². The molecule has 0 bridgehead atoms. The fourth-order valence-corrected chi connectivity index (χ4v) is 3.18. The third-order valence-corrected chi connectivity index (χ3v) is 4.45. The molecule has 0 radical (unpaired) electrons. The van der Waals surface area contributed by atoms with Crippen molar-refractivity contribution < 1.29 is 13.9 Å². The molecule has 0 aliphatic heterocycles. The van der Waals surface area contributed by atoms with Crippen LogP contribution in [0.1, 0.15) is 40.0 Å². The number of carbonyl (C=O) groups is 1.